The fraction of sp³-hybridized carbons (Fsp3) is 0.304. The van der Waals surface area contributed by atoms with Gasteiger partial charge < -0.3 is 18.6 Å². The summed E-state index contributed by atoms with van der Waals surface area (Å²) in [4.78, 5) is 25.1. The third-order valence-electron chi connectivity index (χ3n) is 4.99. The zero-order valence-electron chi connectivity index (χ0n) is 16.2. The average Bonchev–Trinajstić information content (AvgIpc) is 3.39. The van der Waals surface area contributed by atoms with E-state index in [2.05, 4.69) is 0 Å². The molecule has 2 aromatic carbocycles. The summed E-state index contributed by atoms with van der Waals surface area (Å²) < 4.78 is 22.2. The molecular weight excluding hydrogens is 372 g/mol. The molecule has 1 saturated heterocycles. The fourth-order valence-corrected chi connectivity index (χ4v) is 3.43. The molecule has 0 N–H and O–H groups in total. The van der Waals surface area contributed by atoms with Crippen molar-refractivity contribution < 1.29 is 28.2 Å². The number of carbonyl (C=O) groups is 2. The fourth-order valence-electron chi connectivity index (χ4n) is 3.43. The molecule has 6 nitrogen and oxygen atoms in total. The molecule has 0 bridgehead atoms. The van der Waals surface area contributed by atoms with Crippen molar-refractivity contribution in [1.29, 1.82) is 0 Å². The minimum atomic E-state index is -0.616. The molecule has 1 fully saturated rings. The number of benzene rings is 2. The number of fused-ring (bicyclic) bond motifs is 1. The van der Waals surface area contributed by atoms with Gasteiger partial charge in [0.1, 0.15) is 23.5 Å². The normalized spacial score (nSPS) is 16.1. The van der Waals surface area contributed by atoms with E-state index in [-0.39, 0.29) is 23.2 Å². The highest BCUT2D eigenvalue weighted by molar-refractivity contribution is 6.02. The Morgan fingerprint density at radius 2 is 1.90 bits per heavy atom. The van der Waals surface area contributed by atoms with E-state index in [1.54, 1.807) is 30.3 Å². The number of hydrogen-bond acceptors (Lipinski definition) is 6. The Morgan fingerprint density at radius 1 is 1.10 bits per heavy atom. The first kappa shape index (κ1) is 19.2. The van der Waals surface area contributed by atoms with Crippen LogP contribution in [0.2, 0.25) is 0 Å². The van der Waals surface area contributed by atoms with E-state index in [0.717, 1.165) is 30.4 Å². The summed E-state index contributed by atoms with van der Waals surface area (Å²) in [6.45, 7) is 2.52. The zero-order chi connectivity index (χ0) is 20.2. The number of rotatable bonds is 7. The lowest BCUT2D eigenvalue weighted by atomic mass is 10.1. The van der Waals surface area contributed by atoms with Gasteiger partial charge in [-0.1, -0.05) is 30.3 Å². The van der Waals surface area contributed by atoms with Crippen LogP contribution in [0.5, 0.6) is 5.75 Å². The SMILES string of the molecule is Cc1c(C(=O)COC(=O)c2ccccc2OCC2CCCO2)oc2ccccc12. The Bertz CT molecular complexity index is 1030. The summed E-state index contributed by atoms with van der Waals surface area (Å²) >= 11 is 0. The Balaban J connectivity index is 1.41. The van der Waals surface area contributed by atoms with Gasteiger partial charge in [-0.05, 0) is 38.0 Å². The van der Waals surface area contributed by atoms with Crippen molar-refractivity contribution in [2.45, 2.75) is 25.9 Å². The van der Waals surface area contributed by atoms with Crippen molar-refractivity contribution in [2.24, 2.45) is 0 Å². The predicted octanol–water partition coefficient (Wildman–Crippen LogP) is 4.34. The lowest BCUT2D eigenvalue weighted by Crippen LogP contribution is -2.19. The summed E-state index contributed by atoms with van der Waals surface area (Å²) in [5.41, 5.74) is 1.65. The van der Waals surface area contributed by atoms with Crippen molar-refractivity contribution in [3.05, 3.63) is 65.4 Å². The van der Waals surface area contributed by atoms with Gasteiger partial charge in [0.15, 0.2) is 12.4 Å². The van der Waals surface area contributed by atoms with Gasteiger partial charge in [0.2, 0.25) is 5.78 Å². The third-order valence-corrected chi connectivity index (χ3v) is 4.99. The molecule has 0 spiro atoms. The first-order valence-electron chi connectivity index (χ1n) is 9.65. The molecule has 1 atom stereocenters. The van der Waals surface area contributed by atoms with E-state index < -0.39 is 12.6 Å². The maximum atomic E-state index is 12.5. The van der Waals surface area contributed by atoms with Crippen molar-refractivity contribution in [2.75, 3.05) is 19.8 Å². The molecule has 3 aromatic rings. The van der Waals surface area contributed by atoms with Crippen LogP contribution in [-0.2, 0) is 9.47 Å². The van der Waals surface area contributed by atoms with Gasteiger partial charge >= 0.3 is 5.97 Å². The summed E-state index contributed by atoms with van der Waals surface area (Å²) in [6, 6.07) is 14.2. The average molecular weight is 394 g/mol. The van der Waals surface area contributed by atoms with Crippen LogP contribution in [0.15, 0.2) is 52.9 Å². The quantitative estimate of drug-likeness (QED) is 0.438. The smallest absolute Gasteiger partial charge is 0.342 e. The van der Waals surface area contributed by atoms with Crippen molar-refractivity contribution in [3.8, 4) is 5.75 Å². The molecule has 150 valence electrons. The maximum Gasteiger partial charge on any atom is 0.342 e. The molecule has 0 aliphatic carbocycles. The monoisotopic (exact) mass is 394 g/mol. The molecule has 0 saturated carbocycles. The Morgan fingerprint density at radius 3 is 2.69 bits per heavy atom. The van der Waals surface area contributed by atoms with E-state index in [1.165, 1.54) is 0 Å². The first-order valence-corrected chi connectivity index (χ1v) is 9.65. The van der Waals surface area contributed by atoms with Gasteiger partial charge in [-0.15, -0.1) is 0 Å². The van der Waals surface area contributed by atoms with Crippen LogP contribution >= 0.6 is 0 Å². The Labute approximate surface area is 168 Å². The molecule has 29 heavy (non-hydrogen) atoms. The maximum absolute atomic E-state index is 12.5. The van der Waals surface area contributed by atoms with E-state index in [0.29, 0.717) is 17.9 Å². The number of aryl methyl sites for hydroxylation is 1. The predicted molar refractivity (Wildman–Crippen MR) is 106 cm³/mol. The Kier molecular flexibility index (Phi) is 5.62. The molecule has 0 amide bonds. The number of carbonyl (C=O) groups excluding carboxylic acids is 2. The van der Waals surface area contributed by atoms with Crippen LogP contribution in [0.1, 0.15) is 39.3 Å². The van der Waals surface area contributed by atoms with Gasteiger partial charge in [-0.25, -0.2) is 4.79 Å². The van der Waals surface area contributed by atoms with E-state index in [1.807, 2.05) is 25.1 Å². The molecule has 2 heterocycles. The number of furan rings is 1. The van der Waals surface area contributed by atoms with Crippen LogP contribution < -0.4 is 4.74 Å². The molecule has 4 rings (SSSR count). The largest absolute Gasteiger partial charge is 0.490 e. The van der Waals surface area contributed by atoms with Gasteiger partial charge in [-0.2, -0.15) is 0 Å². The molecule has 0 radical (unpaired) electrons. The molecule has 6 heteroatoms. The lowest BCUT2D eigenvalue weighted by Gasteiger charge is -2.14. The van der Waals surface area contributed by atoms with Crippen LogP contribution in [-0.4, -0.2) is 37.7 Å². The molecule has 1 unspecified atom stereocenters. The van der Waals surface area contributed by atoms with Crippen molar-refractivity contribution >= 4 is 22.7 Å². The van der Waals surface area contributed by atoms with E-state index in [4.69, 9.17) is 18.6 Å². The van der Waals surface area contributed by atoms with Gasteiger partial charge in [0.25, 0.3) is 0 Å². The van der Waals surface area contributed by atoms with Gasteiger partial charge in [0, 0.05) is 17.6 Å². The highest BCUT2D eigenvalue weighted by Gasteiger charge is 2.22. The standard InChI is InChI=1S/C23H22O6/c1-15-17-8-2-5-11-21(17)29-22(15)19(24)14-28-23(25)18-9-3-4-10-20(18)27-13-16-7-6-12-26-16/h2-5,8-11,16H,6-7,12-14H2,1H3. The molecule has 1 aromatic heterocycles. The zero-order valence-corrected chi connectivity index (χ0v) is 16.2. The highest BCUT2D eigenvalue weighted by atomic mass is 16.5. The number of para-hydroxylation sites is 2. The molecule has 1 aliphatic rings. The summed E-state index contributed by atoms with van der Waals surface area (Å²) in [5, 5.41) is 0.870. The van der Waals surface area contributed by atoms with Crippen molar-refractivity contribution in [3.63, 3.8) is 0 Å². The topological polar surface area (TPSA) is 75.0 Å². The number of ether oxygens (including phenoxy) is 3. The molecular formula is C23H22O6. The minimum absolute atomic E-state index is 0.0386. The number of hydrogen-bond donors (Lipinski definition) is 0. The second-order valence-electron chi connectivity index (χ2n) is 6.99. The number of esters is 1. The number of ketones is 1. The van der Waals surface area contributed by atoms with Gasteiger partial charge in [-0.3, -0.25) is 4.79 Å². The first-order chi connectivity index (χ1) is 14.1. The van der Waals surface area contributed by atoms with Crippen LogP contribution in [0.4, 0.5) is 0 Å². The van der Waals surface area contributed by atoms with Gasteiger partial charge in [0.05, 0.1) is 6.10 Å². The lowest BCUT2D eigenvalue weighted by molar-refractivity contribution is 0.0453. The highest BCUT2D eigenvalue weighted by Crippen LogP contribution is 2.26. The summed E-state index contributed by atoms with van der Waals surface area (Å²) in [6.07, 6.45) is 2.00. The Hall–Kier alpha value is -3.12. The molecule has 1 aliphatic heterocycles. The summed E-state index contributed by atoms with van der Waals surface area (Å²) in [7, 11) is 0. The second kappa shape index (κ2) is 8.49. The van der Waals surface area contributed by atoms with Crippen LogP contribution in [0.3, 0.4) is 0 Å². The van der Waals surface area contributed by atoms with Crippen LogP contribution in [0.25, 0.3) is 11.0 Å². The van der Waals surface area contributed by atoms with Crippen molar-refractivity contribution in [1.82, 2.24) is 0 Å². The van der Waals surface area contributed by atoms with Crippen LogP contribution in [0, 0.1) is 6.92 Å². The van der Waals surface area contributed by atoms with E-state index in [9.17, 15) is 9.59 Å². The summed E-state index contributed by atoms with van der Waals surface area (Å²) in [5.74, 6) is -0.373. The van der Waals surface area contributed by atoms with E-state index >= 15 is 0 Å². The number of Topliss-reactive ketones (excluding diaryl/α,β-unsaturated/α-hetero) is 1. The minimum Gasteiger partial charge on any atom is -0.490 e. The second-order valence-corrected chi connectivity index (χ2v) is 6.99. The third kappa shape index (κ3) is 4.17.